The van der Waals surface area contributed by atoms with Crippen LogP contribution >= 0.6 is 0 Å². The minimum atomic E-state index is 0.748. The van der Waals surface area contributed by atoms with E-state index in [1.807, 2.05) is 11.4 Å². The minimum Gasteiger partial charge on any atom is -0.340 e. The van der Waals surface area contributed by atoms with Crippen molar-refractivity contribution in [2.75, 3.05) is 5.32 Å². The molecule has 0 saturated heterocycles. The maximum absolute atomic E-state index is 4.89. The molecule has 0 aliphatic rings. The molecule has 0 spiro atoms. The van der Waals surface area contributed by atoms with E-state index in [1.54, 1.807) is 0 Å². The highest BCUT2D eigenvalue weighted by atomic mass is 15.3. The van der Waals surface area contributed by atoms with Gasteiger partial charge in [0.25, 0.3) is 0 Å². The molecule has 27 heavy (non-hydrogen) atoms. The molecule has 0 radical (unpaired) electrons. The molecule has 1 aromatic carbocycles. The zero-order valence-electron chi connectivity index (χ0n) is 16.4. The van der Waals surface area contributed by atoms with Gasteiger partial charge in [-0.2, -0.15) is 4.52 Å². The van der Waals surface area contributed by atoms with Gasteiger partial charge in [-0.1, -0.05) is 32.4 Å². The molecule has 0 saturated carbocycles. The first-order valence-electron chi connectivity index (χ1n) is 9.61. The van der Waals surface area contributed by atoms with Gasteiger partial charge in [-0.05, 0) is 56.0 Å². The summed E-state index contributed by atoms with van der Waals surface area (Å²) in [5.41, 5.74) is 7.19. The maximum atomic E-state index is 4.89. The van der Waals surface area contributed by atoms with Gasteiger partial charge in [0.2, 0.25) is 0 Å². The zero-order valence-corrected chi connectivity index (χ0v) is 16.4. The fraction of sp³-hybridized carbons (Fsp3) is 0.318. The summed E-state index contributed by atoms with van der Waals surface area (Å²) < 4.78 is 1.89. The SMILES string of the molecule is CCCc1cc(Nc2ccc(CC)cc2)n2nc3nc(C)cc(C)c3c2n1. The van der Waals surface area contributed by atoms with E-state index in [0.29, 0.717) is 0 Å². The smallest absolute Gasteiger partial charge is 0.184 e. The molecule has 0 unspecified atom stereocenters. The first-order chi connectivity index (χ1) is 13.1. The van der Waals surface area contributed by atoms with E-state index < -0.39 is 0 Å². The van der Waals surface area contributed by atoms with E-state index in [9.17, 15) is 0 Å². The van der Waals surface area contributed by atoms with Crippen LogP contribution in [0.5, 0.6) is 0 Å². The van der Waals surface area contributed by atoms with Crippen molar-refractivity contribution in [1.82, 2.24) is 19.6 Å². The lowest BCUT2D eigenvalue weighted by molar-refractivity contribution is 0.864. The predicted molar refractivity (Wildman–Crippen MR) is 111 cm³/mol. The number of hydrogen-bond acceptors (Lipinski definition) is 4. The van der Waals surface area contributed by atoms with Crippen LogP contribution in [0.4, 0.5) is 11.5 Å². The highest BCUT2D eigenvalue weighted by Crippen LogP contribution is 2.26. The molecule has 1 N–H and O–H groups in total. The Morgan fingerprint density at radius 2 is 1.78 bits per heavy atom. The average molecular weight is 359 g/mol. The van der Waals surface area contributed by atoms with Gasteiger partial charge in [0, 0.05) is 23.1 Å². The monoisotopic (exact) mass is 359 g/mol. The van der Waals surface area contributed by atoms with Crippen molar-refractivity contribution in [3.63, 3.8) is 0 Å². The van der Waals surface area contributed by atoms with Crippen LogP contribution in [-0.4, -0.2) is 19.6 Å². The largest absolute Gasteiger partial charge is 0.340 e. The van der Waals surface area contributed by atoms with Gasteiger partial charge in [0.05, 0.1) is 5.39 Å². The summed E-state index contributed by atoms with van der Waals surface area (Å²) in [6.07, 6.45) is 3.02. The van der Waals surface area contributed by atoms with Crippen LogP contribution in [0.15, 0.2) is 36.4 Å². The Morgan fingerprint density at radius 3 is 2.48 bits per heavy atom. The Bertz CT molecular complexity index is 1110. The molecule has 3 heterocycles. The molecule has 0 atom stereocenters. The van der Waals surface area contributed by atoms with E-state index in [4.69, 9.17) is 10.1 Å². The molecule has 4 rings (SSSR count). The van der Waals surface area contributed by atoms with Crippen molar-refractivity contribution >= 4 is 28.2 Å². The topological polar surface area (TPSA) is 55.1 Å². The Hall–Kier alpha value is -2.95. The highest BCUT2D eigenvalue weighted by Gasteiger charge is 2.15. The molecule has 0 aliphatic carbocycles. The molecule has 138 valence electrons. The minimum absolute atomic E-state index is 0.748. The number of hydrogen-bond donors (Lipinski definition) is 1. The summed E-state index contributed by atoms with van der Waals surface area (Å²) in [5, 5.41) is 9.30. The Balaban J connectivity index is 1.90. The first kappa shape index (κ1) is 17.5. The van der Waals surface area contributed by atoms with Crippen molar-refractivity contribution in [1.29, 1.82) is 0 Å². The van der Waals surface area contributed by atoms with Gasteiger partial charge in [-0.3, -0.25) is 0 Å². The van der Waals surface area contributed by atoms with Crippen molar-refractivity contribution in [2.45, 2.75) is 47.0 Å². The van der Waals surface area contributed by atoms with Gasteiger partial charge in [-0.15, -0.1) is 5.10 Å². The van der Waals surface area contributed by atoms with E-state index in [0.717, 1.165) is 64.4 Å². The van der Waals surface area contributed by atoms with Gasteiger partial charge in [-0.25, -0.2) is 9.97 Å². The van der Waals surface area contributed by atoms with E-state index in [2.05, 4.69) is 67.5 Å². The highest BCUT2D eigenvalue weighted by molar-refractivity contribution is 5.93. The molecular weight excluding hydrogens is 334 g/mol. The molecule has 0 fully saturated rings. The second-order valence-electron chi connectivity index (χ2n) is 7.07. The zero-order chi connectivity index (χ0) is 19.0. The second-order valence-corrected chi connectivity index (χ2v) is 7.07. The van der Waals surface area contributed by atoms with E-state index >= 15 is 0 Å². The Labute approximate surface area is 159 Å². The molecule has 4 aromatic rings. The van der Waals surface area contributed by atoms with Crippen molar-refractivity contribution < 1.29 is 0 Å². The third-order valence-corrected chi connectivity index (χ3v) is 4.87. The van der Waals surface area contributed by atoms with Crippen molar-refractivity contribution in [2.24, 2.45) is 0 Å². The number of nitrogens with zero attached hydrogens (tertiary/aromatic N) is 4. The fourth-order valence-electron chi connectivity index (χ4n) is 3.52. The van der Waals surface area contributed by atoms with Gasteiger partial charge >= 0.3 is 0 Å². The van der Waals surface area contributed by atoms with E-state index in [-0.39, 0.29) is 0 Å². The average Bonchev–Trinajstić information content (AvgIpc) is 3.01. The molecule has 5 nitrogen and oxygen atoms in total. The van der Waals surface area contributed by atoms with Crippen LogP contribution in [-0.2, 0) is 12.8 Å². The summed E-state index contributed by atoms with van der Waals surface area (Å²) in [6.45, 7) is 8.44. The summed E-state index contributed by atoms with van der Waals surface area (Å²) in [6, 6.07) is 12.7. The lowest BCUT2D eigenvalue weighted by atomic mass is 10.1. The summed E-state index contributed by atoms with van der Waals surface area (Å²) in [4.78, 5) is 9.51. The van der Waals surface area contributed by atoms with E-state index in [1.165, 1.54) is 5.56 Å². The van der Waals surface area contributed by atoms with Crippen LogP contribution in [0, 0.1) is 13.8 Å². The third-order valence-electron chi connectivity index (χ3n) is 4.87. The number of anilines is 2. The third kappa shape index (κ3) is 3.25. The number of aromatic nitrogens is 4. The van der Waals surface area contributed by atoms with Crippen LogP contribution in [0.25, 0.3) is 16.7 Å². The quantitative estimate of drug-likeness (QED) is 0.535. The van der Waals surface area contributed by atoms with Gasteiger partial charge in [0.15, 0.2) is 11.3 Å². The summed E-state index contributed by atoms with van der Waals surface area (Å²) in [5.74, 6) is 0.919. The molecule has 0 amide bonds. The standard InChI is InChI=1S/C22H25N5/c1-5-7-18-13-19(24-17-10-8-16(6-2)9-11-17)27-22(25-18)20-14(3)12-15(4)23-21(20)26-27/h8-13,24H,5-7H2,1-4H3. The fourth-order valence-corrected chi connectivity index (χ4v) is 3.52. The number of pyridine rings is 1. The van der Waals surface area contributed by atoms with Crippen molar-refractivity contribution in [3.05, 3.63) is 58.9 Å². The predicted octanol–water partition coefficient (Wildman–Crippen LogP) is 5.15. The van der Waals surface area contributed by atoms with Crippen molar-refractivity contribution in [3.8, 4) is 0 Å². The lowest BCUT2D eigenvalue weighted by Gasteiger charge is -2.11. The maximum Gasteiger partial charge on any atom is 0.184 e. The van der Waals surface area contributed by atoms with Gasteiger partial charge < -0.3 is 5.32 Å². The molecular formula is C22H25N5. The number of nitrogens with one attached hydrogen (secondary N) is 1. The van der Waals surface area contributed by atoms with Crippen LogP contribution < -0.4 is 5.32 Å². The number of fused-ring (bicyclic) bond motifs is 3. The molecule has 5 heteroatoms. The van der Waals surface area contributed by atoms with Crippen LogP contribution in [0.1, 0.15) is 42.8 Å². The summed E-state index contributed by atoms with van der Waals surface area (Å²) in [7, 11) is 0. The van der Waals surface area contributed by atoms with Gasteiger partial charge in [0.1, 0.15) is 5.82 Å². The Kier molecular flexibility index (Phi) is 4.52. The molecule has 0 aliphatic heterocycles. The first-order valence-corrected chi connectivity index (χ1v) is 9.61. The normalized spacial score (nSPS) is 11.4. The number of rotatable bonds is 5. The molecule has 0 bridgehead atoms. The Morgan fingerprint density at radius 1 is 1.00 bits per heavy atom. The van der Waals surface area contributed by atoms with Crippen LogP contribution in [0.2, 0.25) is 0 Å². The number of aryl methyl sites for hydroxylation is 4. The molecule has 3 aromatic heterocycles. The second kappa shape index (κ2) is 6.99. The lowest BCUT2D eigenvalue weighted by Crippen LogP contribution is -2.04. The summed E-state index contributed by atoms with van der Waals surface area (Å²) >= 11 is 0. The number of benzene rings is 1. The van der Waals surface area contributed by atoms with Crippen LogP contribution in [0.3, 0.4) is 0 Å².